The number of dihydropyridines is 1. The highest BCUT2D eigenvalue weighted by atomic mass is 16.5. The van der Waals surface area contributed by atoms with Gasteiger partial charge in [0, 0.05) is 37.3 Å². The number of rotatable bonds is 8. The quantitative estimate of drug-likeness (QED) is 0.512. The number of hydrogen-bond donors (Lipinski definition) is 2. The third-order valence-corrected chi connectivity index (χ3v) is 3.77. The number of nitriles is 1. The lowest BCUT2D eigenvalue weighted by Gasteiger charge is -2.16. The van der Waals surface area contributed by atoms with Crippen molar-refractivity contribution < 1.29 is 9.53 Å². The van der Waals surface area contributed by atoms with E-state index in [-0.39, 0.29) is 19.1 Å². The maximum Gasteiger partial charge on any atom is 0.249 e. The Balaban J connectivity index is 1.78. The van der Waals surface area contributed by atoms with Crippen LogP contribution in [0.25, 0.3) is 0 Å². The number of amides is 1. The molecule has 0 radical (unpaired) electrons. The van der Waals surface area contributed by atoms with Gasteiger partial charge in [-0.25, -0.2) is 9.98 Å². The number of hydrogen-bond acceptors (Lipinski definition) is 7. The van der Waals surface area contributed by atoms with Crippen LogP contribution in [-0.2, 0) is 9.53 Å². The van der Waals surface area contributed by atoms with Crippen LogP contribution in [0.2, 0.25) is 0 Å². The molecule has 0 unspecified atom stereocenters. The molecule has 3 N–H and O–H groups in total. The number of nitrogens with zero attached hydrogens (tertiary/aromatic N) is 5. The molecule has 2 rings (SSSR count). The summed E-state index contributed by atoms with van der Waals surface area (Å²) in [6, 6.07) is 5.47. The molecule has 1 amide bonds. The third kappa shape index (κ3) is 6.34. The largest absolute Gasteiger partial charge is 0.390 e. The van der Waals surface area contributed by atoms with E-state index in [1.807, 2.05) is 24.0 Å². The topological polar surface area (TPSA) is 129 Å². The minimum atomic E-state index is -0.280. The van der Waals surface area contributed by atoms with Gasteiger partial charge in [-0.15, -0.1) is 0 Å². The summed E-state index contributed by atoms with van der Waals surface area (Å²) >= 11 is 0. The van der Waals surface area contributed by atoms with Crippen LogP contribution in [0.4, 0.5) is 5.82 Å². The zero-order chi connectivity index (χ0) is 20.2. The zero-order valence-corrected chi connectivity index (χ0v) is 15.7. The minimum Gasteiger partial charge on any atom is -0.390 e. The lowest BCUT2D eigenvalue weighted by molar-refractivity contribution is -0.124. The Kier molecular flexibility index (Phi) is 8.36. The van der Waals surface area contributed by atoms with Gasteiger partial charge in [-0.1, -0.05) is 6.08 Å². The molecule has 9 nitrogen and oxygen atoms in total. The number of carbonyl (C=O) groups is 1. The van der Waals surface area contributed by atoms with Crippen molar-refractivity contribution in [3.63, 3.8) is 0 Å². The van der Waals surface area contributed by atoms with Crippen molar-refractivity contribution in [2.75, 3.05) is 31.2 Å². The molecular weight excluding hydrogens is 358 g/mol. The van der Waals surface area contributed by atoms with Gasteiger partial charge >= 0.3 is 0 Å². The highest BCUT2D eigenvalue weighted by Gasteiger charge is 2.10. The highest BCUT2D eigenvalue weighted by molar-refractivity contribution is 6.03. The van der Waals surface area contributed by atoms with Crippen LogP contribution in [0.3, 0.4) is 0 Å². The lowest BCUT2D eigenvalue weighted by atomic mass is 10.1. The minimum absolute atomic E-state index is 0.0947. The molecule has 2 heterocycles. The summed E-state index contributed by atoms with van der Waals surface area (Å²) in [5.74, 6) is 0.944. The fourth-order valence-corrected chi connectivity index (χ4v) is 2.40. The van der Waals surface area contributed by atoms with Crippen LogP contribution < -0.4 is 16.0 Å². The number of anilines is 1. The summed E-state index contributed by atoms with van der Waals surface area (Å²) in [6.45, 7) is 3.42. The van der Waals surface area contributed by atoms with Crippen LogP contribution in [-0.4, -0.2) is 49.4 Å². The van der Waals surface area contributed by atoms with Gasteiger partial charge in [0.15, 0.2) is 5.84 Å². The normalized spacial score (nSPS) is 13.9. The van der Waals surface area contributed by atoms with E-state index >= 15 is 0 Å². The van der Waals surface area contributed by atoms with Crippen molar-refractivity contribution in [3.05, 3.63) is 47.9 Å². The van der Waals surface area contributed by atoms with Crippen molar-refractivity contribution >= 4 is 23.9 Å². The number of amidine groups is 1. The molecule has 0 saturated carbocycles. The summed E-state index contributed by atoms with van der Waals surface area (Å²) in [6.07, 6.45) is 8.73. The van der Waals surface area contributed by atoms with Gasteiger partial charge in [-0.3, -0.25) is 9.79 Å². The average molecular weight is 381 g/mol. The Morgan fingerprint density at radius 2 is 2.39 bits per heavy atom. The van der Waals surface area contributed by atoms with Crippen molar-refractivity contribution in [2.24, 2.45) is 15.7 Å². The van der Waals surface area contributed by atoms with Crippen LogP contribution in [0.1, 0.15) is 18.9 Å². The molecule has 0 spiro atoms. The molecule has 0 fully saturated rings. The molecule has 0 aliphatic carbocycles. The van der Waals surface area contributed by atoms with Gasteiger partial charge in [0.25, 0.3) is 0 Å². The van der Waals surface area contributed by atoms with Crippen LogP contribution in [0.15, 0.2) is 52.4 Å². The monoisotopic (exact) mass is 381 g/mol. The van der Waals surface area contributed by atoms with Gasteiger partial charge in [0.2, 0.25) is 5.91 Å². The number of nitrogens with one attached hydrogen (secondary N) is 1. The van der Waals surface area contributed by atoms with Crippen LogP contribution in [0.5, 0.6) is 0 Å². The molecule has 146 valence electrons. The molecule has 0 aromatic carbocycles. The number of nitrogens with two attached hydrogens (primary N) is 1. The van der Waals surface area contributed by atoms with E-state index in [2.05, 4.69) is 20.3 Å². The Morgan fingerprint density at radius 1 is 1.54 bits per heavy atom. The lowest BCUT2D eigenvalue weighted by Crippen LogP contribution is -2.25. The predicted molar refractivity (Wildman–Crippen MR) is 108 cm³/mol. The number of ether oxygens (including phenoxy) is 1. The van der Waals surface area contributed by atoms with Crippen molar-refractivity contribution in [2.45, 2.75) is 13.3 Å². The number of aromatic nitrogens is 1. The third-order valence-electron chi connectivity index (χ3n) is 3.77. The molecule has 0 saturated heterocycles. The van der Waals surface area contributed by atoms with Gasteiger partial charge in [0.1, 0.15) is 18.5 Å². The fraction of sp³-hybridized carbons (Fsp3) is 0.316. The van der Waals surface area contributed by atoms with E-state index in [0.717, 1.165) is 12.0 Å². The summed E-state index contributed by atoms with van der Waals surface area (Å²) in [5.41, 5.74) is 6.62. The maximum atomic E-state index is 11.9. The van der Waals surface area contributed by atoms with Crippen LogP contribution >= 0.6 is 0 Å². The Labute approximate surface area is 163 Å². The molecule has 1 aliphatic heterocycles. The second-order valence-corrected chi connectivity index (χ2v) is 5.68. The summed E-state index contributed by atoms with van der Waals surface area (Å²) < 4.78 is 5.44. The number of pyridine rings is 1. The highest BCUT2D eigenvalue weighted by Crippen LogP contribution is 2.11. The van der Waals surface area contributed by atoms with Crippen molar-refractivity contribution in [1.29, 1.82) is 5.26 Å². The first-order valence-electron chi connectivity index (χ1n) is 8.82. The average Bonchev–Trinajstić information content (AvgIpc) is 2.73. The Hall–Kier alpha value is -3.51. The predicted octanol–water partition coefficient (Wildman–Crippen LogP) is 1.10. The molecule has 1 aromatic heterocycles. The summed E-state index contributed by atoms with van der Waals surface area (Å²) in [4.78, 5) is 26.2. The summed E-state index contributed by atoms with van der Waals surface area (Å²) in [7, 11) is 0. The zero-order valence-electron chi connectivity index (χ0n) is 15.7. The molecule has 0 bridgehead atoms. The molecule has 1 aliphatic rings. The number of aliphatic imine (C=N–C) groups is 2. The van der Waals surface area contributed by atoms with Gasteiger partial charge in [-0.2, -0.15) is 5.26 Å². The second kappa shape index (κ2) is 11.3. The first-order chi connectivity index (χ1) is 13.7. The van der Waals surface area contributed by atoms with Crippen molar-refractivity contribution in [3.8, 4) is 6.07 Å². The van der Waals surface area contributed by atoms with E-state index in [4.69, 9.17) is 15.7 Å². The fourth-order valence-electron chi connectivity index (χ4n) is 2.40. The van der Waals surface area contributed by atoms with E-state index in [1.54, 1.807) is 18.3 Å². The first kappa shape index (κ1) is 20.8. The van der Waals surface area contributed by atoms with E-state index in [1.165, 1.54) is 18.7 Å². The van der Waals surface area contributed by atoms with Crippen LogP contribution in [0, 0.1) is 11.3 Å². The van der Waals surface area contributed by atoms with Crippen molar-refractivity contribution in [1.82, 2.24) is 10.3 Å². The Bertz CT molecular complexity index is 820. The van der Waals surface area contributed by atoms with E-state index in [9.17, 15) is 4.79 Å². The number of carbonyl (C=O) groups excluding carboxylic acids is 1. The van der Waals surface area contributed by atoms with E-state index < -0.39 is 0 Å². The van der Waals surface area contributed by atoms with Gasteiger partial charge in [-0.05, 0) is 25.5 Å². The second-order valence-electron chi connectivity index (χ2n) is 5.68. The summed E-state index contributed by atoms with van der Waals surface area (Å²) in [5, 5.41) is 11.5. The molecule has 28 heavy (non-hydrogen) atoms. The standard InChI is InChI=1S/C19H23N7O2/c1-2-26(17-6-5-15(10-20)11-24-17)9-8-22-18(27)13-28-12-16-4-3-7-23-19(16)25-14-21/h4-6,8-9,11,14H,2-3,7,12-13H2,1H3,(H,22,27)(H2,21,23,25)/b9-8+. The molecule has 9 heteroatoms. The first-order valence-corrected chi connectivity index (χ1v) is 8.82. The van der Waals surface area contributed by atoms with E-state index in [0.29, 0.717) is 30.3 Å². The molecule has 1 aromatic rings. The Morgan fingerprint density at radius 3 is 3.07 bits per heavy atom. The molecular formula is C19H23N7O2. The van der Waals surface area contributed by atoms with Gasteiger partial charge < -0.3 is 20.7 Å². The maximum absolute atomic E-state index is 11.9. The molecule has 0 atom stereocenters. The smallest absolute Gasteiger partial charge is 0.249 e. The van der Waals surface area contributed by atoms with Gasteiger partial charge in [0.05, 0.1) is 18.5 Å². The SMILES string of the molecule is CCN(/C=C/NC(=O)COCC1=CCCN=C1N=CN)c1ccc(C#N)cn1.